The molecule has 2 aromatic rings. The number of nitrogens with zero attached hydrogens (tertiary/aromatic N) is 1. The molecule has 1 heterocycles. The number of nitrogens with one attached hydrogen (secondary N) is 1. The van der Waals surface area contributed by atoms with E-state index in [0.29, 0.717) is 5.17 Å². The van der Waals surface area contributed by atoms with Crippen molar-refractivity contribution in [3.8, 4) is 0 Å². The van der Waals surface area contributed by atoms with E-state index in [2.05, 4.69) is 10.3 Å². The van der Waals surface area contributed by atoms with Crippen molar-refractivity contribution >= 4 is 34.4 Å². The summed E-state index contributed by atoms with van der Waals surface area (Å²) in [6, 6.07) is 15.7. The number of halogens is 3. The van der Waals surface area contributed by atoms with Gasteiger partial charge in [0.15, 0.2) is 5.17 Å². The van der Waals surface area contributed by atoms with Crippen molar-refractivity contribution in [2.24, 2.45) is 4.99 Å². The zero-order valence-electron chi connectivity index (χ0n) is 15.4. The van der Waals surface area contributed by atoms with Crippen molar-refractivity contribution in [2.45, 2.75) is 47.7 Å². The fraction of sp³-hybridized carbons (Fsp3) is 0.381. The van der Waals surface area contributed by atoms with Crippen molar-refractivity contribution in [1.29, 1.82) is 0 Å². The SMILES string of the molecule is Cc1ccc(NC2=NC(c3ccccc3)(C(F)(F)F)SC3(CCCC3)S2)cc1. The molecule has 2 aromatic carbocycles. The summed E-state index contributed by atoms with van der Waals surface area (Å²) in [5.41, 5.74) is 2.03. The van der Waals surface area contributed by atoms with E-state index in [9.17, 15) is 13.2 Å². The van der Waals surface area contributed by atoms with Gasteiger partial charge in [-0.25, -0.2) is 4.99 Å². The Bertz CT molecular complexity index is 859. The normalized spacial score (nSPS) is 24.2. The van der Waals surface area contributed by atoms with Gasteiger partial charge in [-0.1, -0.05) is 84.4 Å². The number of aryl methyl sites for hydroxylation is 1. The number of aliphatic imine (C=N–C) groups is 1. The van der Waals surface area contributed by atoms with E-state index in [4.69, 9.17) is 0 Å². The molecule has 0 bridgehead atoms. The van der Waals surface area contributed by atoms with Gasteiger partial charge in [-0.05, 0) is 37.5 Å². The highest BCUT2D eigenvalue weighted by molar-refractivity contribution is 8.27. The third-order valence-electron chi connectivity index (χ3n) is 5.09. The van der Waals surface area contributed by atoms with Crippen molar-refractivity contribution in [3.05, 3.63) is 65.7 Å². The maximum Gasteiger partial charge on any atom is 0.427 e. The molecule has 1 saturated carbocycles. The number of thioether (sulfide) groups is 2. The largest absolute Gasteiger partial charge is 0.427 e. The van der Waals surface area contributed by atoms with Crippen LogP contribution >= 0.6 is 23.5 Å². The summed E-state index contributed by atoms with van der Waals surface area (Å²) in [5, 5.41) is 3.49. The first-order valence-electron chi connectivity index (χ1n) is 9.27. The standard InChI is InChI=1S/C21H21F3N2S2/c1-15-9-11-17(12-10-15)25-18-26-20(21(22,23)24,16-7-3-2-4-8-16)28-19(27-18)13-5-6-14-19/h2-4,7-12H,5-6,13-14H2,1H3,(H,25,26). The number of rotatable bonds is 2. The number of anilines is 1. The minimum atomic E-state index is -4.50. The van der Waals surface area contributed by atoms with Gasteiger partial charge in [0.1, 0.15) is 0 Å². The van der Waals surface area contributed by atoms with Crippen LogP contribution in [0.25, 0.3) is 0 Å². The molecule has 148 valence electrons. The van der Waals surface area contributed by atoms with Gasteiger partial charge >= 0.3 is 6.18 Å². The van der Waals surface area contributed by atoms with Gasteiger partial charge in [-0.15, -0.1) is 0 Å². The molecule has 1 aliphatic heterocycles. The lowest BCUT2D eigenvalue weighted by Gasteiger charge is -2.43. The van der Waals surface area contributed by atoms with Gasteiger partial charge in [0.2, 0.25) is 4.87 Å². The molecule has 1 N–H and O–H groups in total. The lowest BCUT2D eigenvalue weighted by atomic mass is 10.1. The minimum absolute atomic E-state index is 0.183. The molecule has 0 aromatic heterocycles. The van der Waals surface area contributed by atoms with Crippen LogP contribution in [-0.4, -0.2) is 15.4 Å². The molecule has 0 radical (unpaired) electrons. The van der Waals surface area contributed by atoms with Crippen LogP contribution in [0.2, 0.25) is 0 Å². The fourth-order valence-electron chi connectivity index (χ4n) is 3.66. The van der Waals surface area contributed by atoms with E-state index >= 15 is 0 Å². The second-order valence-electron chi connectivity index (χ2n) is 7.24. The van der Waals surface area contributed by atoms with Crippen molar-refractivity contribution in [1.82, 2.24) is 0 Å². The predicted octanol–water partition coefficient (Wildman–Crippen LogP) is 6.93. The Hall–Kier alpha value is -1.60. The number of alkyl halides is 3. The first-order chi connectivity index (χ1) is 13.3. The van der Waals surface area contributed by atoms with Gasteiger partial charge in [-0.2, -0.15) is 13.2 Å². The molecule has 1 aliphatic carbocycles. The maximum absolute atomic E-state index is 14.5. The molecule has 1 unspecified atom stereocenters. The van der Waals surface area contributed by atoms with E-state index in [1.165, 1.54) is 23.9 Å². The van der Waals surface area contributed by atoms with E-state index in [0.717, 1.165) is 48.7 Å². The van der Waals surface area contributed by atoms with Crippen molar-refractivity contribution < 1.29 is 13.2 Å². The van der Waals surface area contributed by atoms with Crippen LogP contribution in [0.1, 0.15) is 36.8 Å². The summed E-state index contributed by atoms with van der Waals surface area (Å²) in [6.45, 7) is 1.98. The molecular weight excluding hydrogens is 401 g/mol. The number of hydrogen-bond donors (Lipinski definition) is 1. The molecule has 2 aliphatic rings. The average Bonchev–Trinajstić information content (AvgIpc) is 3.10. The molecule has 0 amide bonds. The first-order valence-corrected chi connectivity index (χ1v) is 10.9. The fourth-order valence-corrected chi connectivity index (χ4v) is 7.22. The Kier molecular flexibility index (Phi) is 5.16. The summed E-state index contributed by atoms with van der Waals surface area (Å²) in [7, 11) is 0. The Balaban J connectivity index is 1.81. The zero-order chi connectivity index (χ0) is 19.8. The molecule has 1 fully saturated rings. The van der Waals surface area contributed by atoms with E-state index in [-0.39, 0.29) is 5.56 Å². The maximum atomic E-state index is 14.5. The lowest BCUT2D eigenvalue weighted by Crippen LogP contribution is -2.45. The monoisotopic (exact) mass is 422 g/mol. The highest BCUT2D eigenvalue weighted by Crippen LogP contribution is 2.65. The van der Waals surface area contributed by atoms with Crippen molar-refractivity contribution in [3.63, 3.8) is 0 Å². The van der Waals surface area contributed by atoms with Gasteiger partial charge in [0.05, 0.1) is 4.08 Å². The summed E-state index contributed by atoms with van der Waals surface area (Å²) >= 11 is 2.43. The van der Waals surface area contributed by atoms with Crippen LogP contribution in [0.15, 0.2) is 59.6 Å². The summed E-state index contributed by atoms with van der Waals surface area (Å²) in [6.07, 6.45) is -1.11. The van der Waals surface area contributed by atoms with Gasteiger partial charge in [-0.3, -0.25) is 0 Å². The second-order valence-corrected chi connectivity index (χ2v) is 10.4. The second kappa shape index (κ2) is 7.34. The smallest absolute Gasteiger partial charge is 0.335 e. The van der Waals surface area contributed by atoms with Crippen LogP contribution in [0.3, 0.4) is 0 Å². The Morgan fingerprint density at radius 3 is 2.21 bits per heavy atom. The molecule has 7 heteroatoms. The van der Waals surface area contributed by atoms with Gasteiger partial charge in [0.25, 0.3) is 0 Å². The highest BCUT2D eigenvalue weighted by Gasteiger charge is 2.63. The summed E-state index contributed by atoms with van der Waals surface area (Å²) < 4.78 is 43.0. The van der Waals surface area contributed by atoms with Crippen LogP contribution < -0.4 is 5.32 Å². The van der Waals surface area contributed by atoms with Crippen molar-refractivity contribution in [2.75, 3.05) is 5.32 Å². The lowest BCUT2D eigenvalue weighted by molar-refractivity contribution is -0.160. The number of amidine groups is 1. The Labute approximate surface area is 171 Å². The number of benzene rings is 2. The Morgan fingerprint density at radius 2 is 1.61 bits per heavy atom. The molecule has 1 atom stereocenters. The van der Waals surface area contributed by atoms with Crippen LogP contribution in [0, 0.1) is 6.92 Å². The third-order valence-corrected chi connectivity index (χ3v) is 8.39. The third kappa shape index (κ3) is 3.66. The van der Waals surface area contributed by atoms with Gasteiger partial charge in [0, 0.05) is 5.69 Å². The Morgan fingerprint density at radius 1 is 0.964 bits per heavy atom. The predicted molar refractivity (Wildman–Crippen MR) is 113 cm³/mol. The van der Waals surface area contributed by atoms with Crippen LogP contribution in [0.5, 0.6) is 0 Å². The molecule has 28 heavy (non-hydrogen) atoms. The quantitative estimate of drug-likeness (QED) is 0.568. The van der Waals surface area contributed by atoms with E-state index < -0.39 is 15.1 Å². The first kappa shape index (κ1) is 19.7. The summed E-state index contributed by atoms with van der Waals surface area (Å²) in [4.78, 5) is 2.00. The van der Waals surface area contributed by atoms with Gasteiger partial charge < -0.3 is 5.32 Å². The zero-order valence-corrected chi connectivity index (χ0v) is 17.1. The molecule has 4 rings (SSSR count). The van der Waals surface area contributed by atoms with Crippen LogP contribution in [-0.2, 0) is 4.87 Å². The average molecular weight is 423 g/mol. The number of hydrogen-bond acceptors (Lipinski definition) is 4. The van der Waals surface area contributed by atoms with E-state index in [1.54, 1.807) is 18.2 Å². The van der Waals surface area contributed by atoms with E-state index in [1.807, 2.05) is 31.2 Å². The molecule has 2 nitrogen and oxygen atoms in total. The highest BCUT2D eigenvalue weighted by atomic mass is 32.2. The molecule has 0 saturated heterocycles. The summed E-state index contributed by atoms with van der Waals surface area (Å²) in [5.74, 6) is 0. The molecule has 1 spiro atoms. The molecular formula is C21H21F3N2S2. The topological polar surface area (TPSA) is 24.4 Å². The minimum Gasteiger partial charge on any atom is -0.335 e. The van der Waals surface area contributed by atoms with Crippen LogP contribution in [0.4, 0.5) is 18.9 Å².